The standard InChI is InChI=1S/C15H17F3N4OS/c1-9(24(19)23)6-10-2-3-13-12(10)8-22(21-13)11-4-5-20-14(7-11)15(16,17)18/h4-5,7-10H,2-3,6,19H2,1H3/t9?,10-,24?/m0/s1. The average molecular weight is 358 g/mol. The van der Waals surface area contributed by atoms with Gasteiger partial charge in [0.25, 0.3) is 0 Å². The van der Waals surface area contributed by atoms with Crippen molar-refractivity contribution in [2.45, 2.75) is 43.5 Å². The Bertz CT molecular complexity index is 774. The molecule has 5 nitrogen and oxygen atoms in total. The third-order valence-corrected chi connectivity index (χ3v) is 5.29. The molecule has 9 heteroatoms. The molecule has 0 bridgehead atoms. The van der Waals surface area contributed by atoms with E-state index >= 15 is 0 Å². The van der Waals surface area contributed by atoms with Crippen molar-refractivity contribution in [1.29, 1.82) is 0 Å². The Kier molecular flexibility index (Phi) is 4.48. The van der Waals surface area contributed by atoms with Crippen LogP contribution in [0.5, 0.6) is 0 Å². The van der Waals surface area contributed by atoms with Crippen LogP contribution in [-0.4, -0.2) is 24.2 Å². The minimum atomic E-state index is -4.49. The van der Waals surface area contributed by atoms with Crippen LogP contribution in [0.3, 0.4) is 0 Å². The normalized spacial score (nSPS) is 20.0. The molecule has 0 fully saturated rings. The fraction of sp³-hybridized carbons (Fsp3) is 0.467. The molecule has 2 aromatic heterocycles. The number of alkyl halides is 3. The minimum absolute atomic E-state index is 0.137. The Morgan fingerprint density at radius 3 is 2.92 bits per heavy atom. The Balaban J connectivity index is 1.87. The van der Waals surface area contributed by atoms with Crippen LogP contribution in [0.2, 0.25) is 0 Å². The summed E-state index contributed by atoms with van der Waals surface area (Å²) < 4.78 is 51.2. The lowest BCUT2D eigenvalue weighted by Gasteiger charge is -2.14. The molecule has 1 aliphatic carbocycles. The molecule has 0 aliphatic heterocycles. The van der Waals surface area contributed by atoms with E-state index < -0.39 is 22.9 Å². The zero-order chi connectivity index (χ0) is 17.5. The number of pyridine rings is 1. The van der Waals surface area contributed by atoms with Crippen LogP contribution >= 0.6 is 0 Å². The molecule has 24 heavy (non-hydrogen) atoms. The van der Waals surface area contributed by atoms with Gasteiger partial charge in [0.05, 0.1) is 22.4 Å². The van der Waals surface area contributed by atoms with Crippen molar-refractivity contribution >= 4 is 11.0 Å². The Morgan fingerprint density at radius 1 is 1.50 bits per heavy atom. The van der Waals surface area contributed by atoms with E-state index in [9.17, 15) is 17.4 Å². The molecule has 130 valence electrons. The number of rotatable bonds is 4. The van der Waals surface area contributed by atoms with Gasteiger partial charge in [-0.3, -0.25) is 10.1 Å². The second-order valence-corrected chi connectivity index (χ2v) is 7.44. The lowest BCUT2D eigenvalue weighted by molar-refractivity contribution is -0.141. The predicted octanol–water partition coefficient (Wildman–Crippen LogP) is 2.72. The largest absolute Gasteiger partial charge is 0.433 e. The molecule has 1 aliphatic rings. The van der Waals surface area contributed by atoms with Gasteiger partial charge in [-0.25, -0.2) is 8.89 Å². The topological polar surface area (TPSA) is 73.8 Å². The van der Waals surface area contributed by atoms with Crippen LogP contribution < -0.4 is 5.14 Å². The van der Waals surface area contributed by atoms with Gasteiger partial charge in [-0.2, -0.15) is 18.3 Å². The highest BCUT2D eigenvalue weighted by atomic mass is 32.2. The van der Waals surface area contributed by atoms with Gasteiger partial charge < -0.3 is 0 Å². The SMILES string of the molecule is CC(C[C@@H]1CCc2nn(-c3ccnc(C(F)(F)F)c3)cc21)S(N)=O. The summed E-state index contributed by atoms with van der Waals surface area (Å²) in [5, 5.41) is 9.69. The minimum Gasteiger partial charge on any atom is -0.252 e. The van der Waals surface area contributed by atoms with Gasteiger partial charge in [0, 0.05) is 17.6 Å². The molecule has 2 unspecified atom stereocenters. The first kappa shape index (κ1) is 17.1. The molecule has 3 atom stereocenters. The first-order chi connectivity index (χ1) is 11.3. The maximum Gasteiger partial charge on any atom is 0.433 e. The summed E-state index contributed by atoms with van der Waals surface area (Å²) >= 11 is 0. The van der Waals surface area contributed by atoms with E-state index in [2.05, 4.69) is 10.1 Å². The number of hydrogen-bond donors (Lipinski definition) is 1. The highest BCUT2D eigenvalue weighted by Crippen LogP contribution is 2.37. The Morgan fingerprint density at radius 2 is 2.25 bits per heavy atom. The molecule has 0 saturated carbocycles. The van der Waals surface area contributed by atoms with Crippen molar-refractivity contribution in [3.05, 3.63) is 41.5 Å². The van der Waals surface area contributed by atoms with Crippen molar-refractivity contribution in [2.24, 2.45) is 5.14 Å². The molecule has 3 rings (SSSR count). The van der Waals surface area contributed by atoms with E-state index in [0.717, 1.165) is 36.4 Å². The van der Waals surface area contributed by atoms with Gasteiger partial charge in [0.1, 0.15) is 5.69 Å². The number of fused-ring (bicyclic) bond motifs is 1. The lowest BCUT2D eigenvalue weighted by Crippen LogP contribution is -2.20. The zero-order valence-electron chi connectivity index (χ0n) is 13.0. The number of hydrogen-bond acceptors (Lipinski definition) is 3. The molecule has 0 spiro atoms. The second kappa shape index (κ2) is 6.29. The highest BCUT2D eigenvalue weighted by Gasteiger charge is 2.33. The second-order valence-electron chi connectivity index (χ2n) is 5.98. The van der Waals surface area contributed by atoms with E-state index in [1.807, 2.05) is 6.92 Å². The summed E-state index contributed by atoms with van der Waals surface area (Å²) in [5.74, 6) is 0.181. The monoisotopic (exact) mass is 358 g/mol. The van der Waals surface area contributed by atoms with Crippen molar-refractivity contribution in [3.8, 4) is 5.69 Å². The summed E-state index contributed by atoms with van der Waals surface area (Å²) in [5.41, 5.74) is 1.25. The van der Waals surface area contributed by atoms with E-state index in [1.165, 1.54) is 10.7 Å². The fourth-order valence-corrected chi connectivity index (χ4v) is 3.44. The van der Waals surface area contributed by atoms with Gasteiger partial charge in [0.15, 0.2) is 0 Å². The lowest BCUT2D eigenvalue weighted by atomic mass is 9.99. The fourth-order valence-electron chi connectivity index (χ4n) is 3.01. The summed E-state index contributed by atoms with van der Waals surface area (Å²) in [4.78, 5) is 3.36. The summed E-state index contributed by atoms with van der Waals surface area (Å²) in [6.45, 7) is 1.83. The average Bonchev–Trinajstić information content (AvgIpc) is 3.08. The van der Waals surface area contributed by atoms with Crippen LogP contribution in [0.25, 0.3) is 5.69 Å². The number of aryl methyl sites for hydroxylation is 1. The van der Waals surface area contributed by atoms with Crippen LogP contribution in [0.15, 0.2) is 24.5 Å². The van der Waals surface area contributed by atoms with Crippen molar-refractivity contribution < 1.29 is 17.4 Å². The van der Waals surface area contributed by atoms with Crippen molar-refractivity contribution in [2.75, 3.05) is 0 Å². The van der Waals surface area contributed by atoms with E-state index in [4.69, 9.17) is 5.14 Å². The number of halogens is 3. The highest BCUT2D eigenvalue weighted by molar-refractivity contribution is 7.83. The molecular weight excluding hydrogens is 341 g/mol. The Hall–Kier alpha value is -1.74. The van der Waals surface area contributed by atoms with Gasteiger partial charge in [-0.1, -0.05) is 0 Å². The summed E-state index contributed by atoms with van der Waals surface area (Å²) in [7, 11) is -1.39. The molecule has 2 N–H and O–H groups in total. The van der Waals surface area contributed by atoms with E-state index in [0.29, 0.717) is 12.1 Å². The molecule has 0 aromatic carbocycles. The quantitative estimate of drug-likeness (QED) is 0.913. The third kappa shape index (κ3) is 3.36. The van der Waals surface area contributed by atoms with Crippen molar-refractivity contribution in [3.63, 3.8) is 0 Å². The number of aromatic nitrogens is 3. The maximum atomic E-state index is 12.8. The van der Waals surface area contributed by atoms with Gasteiger partial charge >= 0.3 is 6.18 Å². The maximum absolute atomic E-state index is 12.8. The first-order valence-electron chi connectivity index (χ1n) is 7.52. The Labute approximate surface area is 139 Å². The van der Waals surface area contributed by atoms with E-state index in [-0.39, 0.29) is 11.2 Å². The molecule has 0 radical (unpaired) electrons. The van der Waals surface area contributed by atoms with Crippen LogP contribution in [0.4, 0.5) is 13.2 Å². The van der Waals surface area contributed by atoms with Gasteiger partial charge in [0.2, 0.25) is 0 Å². The van der Waals surface area contributed by atoms with Crippen LogP contribution in [0, 0.1) is 0 Å². The number of nitrogens with zero attached hydrogens (tertiary/aromatic N) is 3. The first-order valence-corrected chi connectivity index (χ1v) is 8.80. The molecule has 0 saturated heterocycles. The van der Waals surface area contributed by atoms with Crippen LogP contribution in [0.1, 0.15) is 42.6 Å². The number of nitrogens with two attached hydrogens (primary N) is 1. The molecule has 2 heterocycles. The summed E-state index contributed by atoms with van der Waals surface area (Å²) in [6, 6.07) is 2.47. The third-order valence-electron chi connectivity index (χ3n) is 4.30. The van der Waals surface area contributed by atoms with Gasteiger partial charge in [-0.15, -0.1) is 0 Å². The zero-order valence-corrected chi connectivity index (χ0v) is 13.8. The predicted molar refractivity (Wildman–Crippen MR) is 83.8 cm³/mol. The molecule has 0 amide bonds. The molecular formula is C15H17F3N4OS. The molecule has 2 aromatic rings. The summed E-state index contributed by atoms with van der Waals surface area (Å²) in [6.07, 6.45) is 0.718. The van der Waals surface area contributed by atoms with Crippen LogP contribution in [-0.2, 0) is 23.6 Å². The van der Waals surface area contributed by atoms with E-state index in [1.54, 1.807) is 6.20 Å². The smallest absolute Gasteiger partial charge is 0.252 e. The van der Waals surface area contributed by atoms with Gasteiger partial charge in [-0.05, 0) is 49.8 Å². The van der Waals surface area contributed by atoms with Crippen molar-refractivity contribution in [1.82, 2.24) is 14.8 Å².